The normalized spacial score (nSPS) is 18.1. The molecule has 2 aliphatic rings. The van der Waals surface area contributed by atoms with Gasteiger partial charge in [-0.3, -0.25) is 24.5 Å². The standard InChI is InChI=1S/C25H24N6O5/c32-18(10-15-4-2-1-3-5-15)12-26-23(34)20-14-31(29-28-20)17-7-6-16-13-30(25(36)19(16)11-17)21-8-9-22(33)27-24(21)35/h1-7,11,14,18,21,32H,8-10,12-13H2,(H,26,34)(H,27,33,35). The van der Waals surface area contributed by atoms with Crippen molar-refractivity contribution < 1.29 is 24.3 Å². The third-order valence-electron chi connectivity index (χ3n) is 6.31. The van der Waals surface area contributed by atoms with Crippen LogP contribution in [-0.2, 0) is 22.6 Å². The summed E-state index contributed by atoms with van der Waals surface area (Å²) < 4.78 is 1.39. The van der Waals surface area contributed by atoms with Gasteiger partial charge in [0.15, 0.2) is 5.69 Å². The molecule has 4 amide bonds. The quantitative estimate of drug-likeness (QED) is 0.407. The van der Waals surface area contributed by atoms with Crippen molar-refractivity contribution >= 4 is 23.6 Å². The summed E-state index contributed by atoms with van der Waals surface area (Å²) in [5.74, 6) is -1.57. The fourth-order valence-corrected chi connectivity index (χ4v) is 4.44. The van der Waals surface area contributed by atoms with Crippen LogP contribution < -0.4 is 10.6 Å². The van der Waals surface area contributed by atoms with E-state index in [4.69, 9.17) is 0 Å². The number of piperidine rings is 1. The molecule has 3 aromatic rings. The van der Waals surface area contributed by atoms with Crippen molar-refractivity contribution in [1.29, 1.82) is 0 Å². The molecule has 0 radical (unpaired) electrons. The van der Waals surface area contributed by atoms with Gasteiger partial charge in [-0.05, 0) is 29.7 Å². The summed E-state index contributed by atoms with van der Waals surface area (Å²) in [4.78, 5) is 50.7. The van der Waals surface area contributed by atoms with E-state index in [0.717, 1.165) is 11.1 Å². The molecule has 36 heavy (non-hydrogen) atoms. The van der Waals surface area contributed by atoms with Crippen LogP contribution in [0.25, 0.3) is 5.69 Å². The van der Waals surface area contributed by atoms with Gasteiger partial charge in [-0.15, -0.1) is 5.10 Å². The van der Waals surface area contributed by atoms with Crippen LogP contribution in [0.2, 0.25) is 0 Å². The van der Waals surface area contributed by atoms with Gasteiger partial charge >= 0.3 is 0 Å². The van der Waals surface area contributed by atoms with Crippen LogP contribution in [0.15, 0.2) is 54.7 Å². The second-order valence-corrected chi connectivity index (χ2v) is 8.84. The molecule has 2 atom stereocenters. The number of nitrogens with one attached hydrogen (secondary N) is 2. The Morgan fingerprint density at radius 2 is 1.97 bits per heavy atom. The molecule has 2 aliphatic heterocycles. The van der Waals surface area contributed by atoms with E-state index >= 15 is 0 Å². The number of carbonyl (C=O) groups is 4. The Bertz CT molecular complexity index is 1340. The maximum atomic E-state index is 13.0. The first-order chi connectivity index (χ1) is 17.4. The molecule has 5 rings (SSSR count). The molecule has 3 heterocycles. The van der Waals surface area contributed by atoms with E-state index in [1.165, 1.54) is 15.8 Å². The minimum Gasteiger partial charge on any atom is -0.391 e. The van der Waals surface area contributed by atoms with E-state index in [2.05, 4.69) is 20.9 Å². The zero-order valence-electron chi connectivity index (χ0n) is 19.3. The predicted molar refractivity (Wildman–Crippen MR) is 126 cm³/mol. The van der Waals surface area contributed by atoms with Gasteiger partial charge in [0, 0.05) is 31.5 Å². The third kappa shape index (κ3) is 4.73. The number of benzene rings is 2. The summed E-state index contributed by atoms with van der Waals surface area (Å²) >= 11 is 0. The lowest BCUT2D eigenvalue weighted by Gasteiger charge is -2.29. The number of rotatable bonds is 7. The first-order valence-electron chi connectivity index (χ1n) is 11.6. The van der Waals surface area contributed by atoms with Gasteiger partial charge in [-0.25, -0.2) is 4.68 Å². The van der Waals surface area contributed by atoms with E-state index in [9.17, 15) is 24.3 Å². The average molecular weight is 489 g/mol. The van der Waals surface area contributed by atoms with Gasteiger partial charge in [0.1, 0.15) is 6.04 Å². The van der Waals surface area contributed by atoms with Gasteiger partial charge in [0.2, 0.25) is 11.8 Å². The monoisotopic (exact) mass is 488 g/mol. The van der Waals surface area contributed by atoms with Crippen LogP contribution >= 0.6 is 0 Å². The minimum atomic E-state index is -0.749. The summed E-state index contributed by atoms with van der Waals surface area (Å²) in [7, 11) is 0. The molecule has 184 valence electrons. The highest BCUT2D eigenvalue weighted by atomic mass is 16.3. The van der Waals surface area contributed by atoms with Gasteiger partial charge in [0.05, 0.1) is 18.0 Å². The molecule has 0 saturated carbocycles. The van der Waals surface area contributed by atoms with E-state index in [1.54, 1.807) is 18.2 Å². The number of amides is 4. The lowest BCUT2D eigenvalue weighted by atomic mass is 10.0. The molecule has 11 heteroatoms. The molecular formula is C25H24N6O5. The highest BCUT2D eigenvalue weighted by Gasteiger charge is 2.39. The second kappa shape index (κ2) is 9.70. The highest BCUT2D eigenvalue weighted by molar-refractivity contribution is 6.05. The first kappa shape index (κ1) is 23.4. The Morgan fingerprint density at radius 1 is 1.17 bits per heavy atom. The number of fused-ring (bicyclic) bond motifs is 1. The number of aliphatic hydroxyl groups excluding tert-OH is 1. The number of imide groups is 1. The molecular weight excluding hydrogens is 464 g/mol. The number of hydrogen-bond acceptors (Lipinski definition) is 7. The van der Waals surface area contributed by atoms with Crippen molar-refractivity contribution in [3.8, 4) is 5.69 Å². The lowest BCUT2D eigenvalue weighted by molar-refractivity contribution is -0.136. The van der Waals surface area contributed by atoms with E-state index in [0.29, 0.717) is 24.1 Å². The van der Waals surface area contributed by atoms with Crippen molar-refractivity contribution in [3.63, 3.8) is 0 Å². The predicted octanol–water partition coefficient (Wildman–Crippen LogP) is 0.362. The van der Waals surface area contributed by atoms with E-state index in [1.807, 2.05) is 30.3 Å². The Labute approximate surface area is 206 Å². The fraction of sp³-hybridized carbons (Fsp3) is 0.280. The number of nitrogens with zero attached hydrogens (tertiary/aromatic N) is 4. The number of aromatic nitrogens is 3. The summed E-state index contributed by atoms with van der Waals surface area (Å²) in [5.41, 5.74) is 2.76. The molecule has 2 unspecified atom stereocenters. The Kier molecular flexibility index (Phi) is 6.30. The van der Waals surface area contributed by atoms with Crippen LogP contribution in [0, 0.1) is 0 Å². The van der Waals surface area contributed by atoms with Crippen molar-refractivity contribution in [2.24, 2.45) is 0 Å². The summed E-state index contributed by atoms with van der Waals surface area (Å²) in [6.45, 7) is 0.334. The Balaban J connectivity index is 1.23. The third-order valence-corrected chi connectivity index (χ3v) is 6.31. The average Bonchev–Trinajstić information content (AvgIpc) is 3.49. The molecule has 0 spiro atoms. The molecule has 1 aromatic heterocycles. The first-order valence-corrected chi connectivity index (χ1v) is 11.6. The second-order valence-electron chi connectivity index (χ2n) is 8.84. The van der Waals surface area contributed by atoms with Crippen LogP contribution in [0.1, 0.15) is 44.8 Å². The van der Waals surface area contributed by atoms with Crippen LogP contribution in [0.4, 0.5) is 0 Å². The molecule has 1 saturated heterocycles. The zero-order valence-corrected chi connectivity index (χ0v) is 19.3. The summed E-state index contributed by atoms with van der Waals surface area (Å²) in [5, 5.41) is 23.1. The number of aliphatic hydroxyl groups is 1. The Hall–Kier alpha value is -4.38. The molecule has 3 N–H and O–H groups in total. The zero-order chi connectivity index (χ0) is 25.2. The highest BCUT2D eigenvalue weighted by Crippen LogP contribution is 2.29. The largest absolute Gasteiger partial charge is 0.391 e. The van der Waals surface area contributed by atoms with Crippen molar-refractivity contribution in [1.82, 2.24) is 30.5 Å². The molecule has 11 nitrogen and oxygen atoms in total. The topological polar surface area (TPSA) is 147 Å². The maximum absolute atomic E-state index is 13.0. The van der Waals surface area contributed by atoms with E-state index in [-0.39, 0.29) is 37.0 Å². The molecule has 2 aromatic carbocycles. The van der Waals surface area contributed by atoms with Gasteiger partial charge in [-0.1, -0.05) is 41.6 Å². The van der Waals surface area contributed by atoms with Gasteiger partial charge in [-0.2, -0.15) is 0 Å². The summed E-state index contributed by atoms with van der Waals surface area (Å²) in [6, 6.07) is 14.0. The SMILES string of the molecule is O=C1CCC(N2Cc3ccc(-n4cc(C(=O)NCC(O)Cc5ccccc5)nn4)cc3C2=O)C(=O)N1. The van der Waals surface area contributed by atoms with Gasteiger partial charge in [0.25, 0.3) is 11.8 Å². The van der Waals surface area contributed by atoms with Gasteiger partial charge < -0.3 is 15.3 Å². The molecule has 0 aliphatic carbocycles. The number of carbonyl (C=O) groups excluding carboxylic acids is 4. The van der Waals surface area contributed by atoms with Crippen molar-refractivity contribution in [2.45, 2.75) is 38.0 Å². The maximum Gasteiger partial charge on any atom is 0.273 e. The number of hydrogen-bond donors (Lipinski definition) is 3. The van der Waals surface area contributed by atoms with Crippen LogP contribution in [0.5, 0.6) is 0 Å². The smallest absolute Gasteiger partial charge is 0.273 e. The fourth-order valence-electron chi connectivity index (χ4n) is 4.44. The van der Waals surface area contributed by atoms with Crippen LogP contribution in [0.3, 0.4) is 0 Å². The Morgan fingerprint density at radius 3 is 2.75 bits per heavy atom. The van der Waals surface area contributed by atoms with Crippen LogP contribution in [-0.4, -0.2) is 67.3 Å². The molecule has 0 bridgehead atoms. The lowest BCUT2D eigenvalue weighted by Crippen LogP contribution is -2.52. The van der Waals surface area contributed by atoms with Crippen molar-refractivity contribution in [2.75, 3.05) is 6.54 Å². The van der Waals surface area contributed by atoms with Crippen molar-refractivity contribution in [3.05, 3.63) is 77.1 Å². The minimum absolute atomic E-state index is 0.0596. The molecule has 1 fully saturated rings. The summed E-state index contributed by atoms with van der Waals surface area (Å²) in [6.07, 6.45) is 1.58. The van der Waals surface area contributed by atoms with E-state index < -0.39 is 24.0 Å².